The van der Waals surface area contributed by atoms with Crippen molar-refractivity contribution in [3.8, 4) is 5.95 Å². The average molecular weight is 288 g/mol. The molecule has 1 fully saturated rings. The van der Waals surface area contributed by atoms with E-state index in [-0.39, 0.29) is 0 Å². The highest BCUT2D eigenvalue weighted by Gasteiger charge is 2.45. The van der Waals surface area contributed by atoms with E-state index in [2.05, 4.69) is 44.5 Å². The molecule has 0 unspecified atom stereocenters. The summed E-state index contributed by atoms with van der Waals surface area (Å²) in [5, 5.41) is 3.31. The Kier molecular flexibility index (Phi) is 3.46. The summed E-state index contributed by atoms with van der Waals surface area (Å²) in [4.78, 5) is 16.9. The highest BCUT2D eigenvalue weighted by atomic mass is 15.4. The van der Waals surface area contributed by atoms with E-state index in [1.165, 1.54) is 12.8 Å². The molecule has 112 valence electrons. The summed E-state index contributed by atoms with van der Waals surface area (Å²) in [7, 11) is 0. The number of nitrogens with two attached hydrogens (primary N) is 1. The maximum Gasteiger partial charge on any atom is 0.243 e. The van der Waals surface area contributed by atoms with Crippen LogP contribution in [-0.2, 0) is 0 Å². The maximum absolute atomic E-state index is 5.43. The van der Waals surface area contributed by atoms with Gasteiger partial charge in [0, 0.05) is 18.9 Å². The first-order valence-electron chi connectivity index (χ1n) is 7.08. The normalized spacial score (nSPS) is 16.0. The van der Waals surface area contributed by atoms with Gasteiger partial charge in [0.05, 0.1) is 0 Å². The van der Waals surface area contributed by atoms with Crippen molar-refractivity contribution in [3.63, 3.8) is 0 Å². The van der Waals surface area contributed by atoms with Crippen molar-refractivity contribution in [2.24, 2.45) is 17.2 Å². The summed E-state index contributed by atoms with van der Waals surface area (Å²) in [6.45, 7) is 5.37. The van der Waals surface area contributed by atoms with Gasteiger partial charge in [-0.25, -0.2) is 10.8 Å². The minimum atomic E-state index is 0.325. The molecular formula is C13H20N8. The molecule has 1 aliphatic carbocycles. The van der Waals surface area contributed by atoms with Gasteiger partial charge in [0.25, 0.3) is 0 Å². The molecule has 8 nitrogen and oxygen atoms in total. The third-order valence-corrected chi connectivity index (χ3v) is 4.20. The predicted octanol–water partition coefficient (Wildman–Crippen LogP) is 1.19. The topological polar surface area (TPSA) is 107 Å². The van der Waals surface area contributed by atoms with E-state index in [0.29, 0.717) is 29.2 Å². The van der Waals surface area contributed by atoms with E-state index in [4.69, 9.17) is 5.84 Å². The van der Waals surface area contributed by atoms with Gasteiger partial charge in [0.2, 0.25) is 17.8 Å². The van der Waals surface area contributed by atoms with Gasteiger partial charge in [-0.05, 0) is 24.2 Å². The third kappa shape index (κ3) is 2.80. The Morgan fingerprint density at radius 1 is 1.29 bits per heavy atom. The molecule has 0 aliphatic heterocycles. The van der Waals surface area contributed by atoms with E-state index in [1.807, 2.05) is 0 Å². The Hall–Kier alpha value is -2.22. The quantitative estimate of drug-likeness (QED) is 0.541. The van der Waals surface area contributed by atoms with E-state index in [9.17, 15) is 0 Å². The number of rotatable bonds is 6. The maximum atomic E-state index is 5.43. The molecular weight excluding hydrogens is 268 g/mol. The standard InChI is InChI=1S/C13H20N8/c1-9(2)13(3-4-13)7-16-10-17-11(20-14)19-12(18-10)21-6-5-15-8-21/h5-6,8-9H,3-4,7,14H2,1-2H3,(H2,16,17,18,19,20). The molecule has 0 bridgehead atoms. The highest BCUT2D eigenvalue weighted by molar-refractivity contribution is 5.37. The second-order valence-corrected chi connectivity index (χ2v) is 5.77. The number of aromatic nitrogens is 5. The Morgan fingerprint density at radius 3 is 2.62 bits per heavy atom. The molecule has 21 heavy (non-hydrogen) atoms. The summed E-state index contributed by atoms with van der Waals surface area (Å²) in [6, 6.07) is 0. The fourth-order valence-electron chi connectivity index (χ4n) is 2.38. The third-order valence-electron chi connectivity index (χ3n) is 4.20. The summed E-state index contributed by atoms with van der Waals surface area (Å²) >= 11 is 0. The van der Waals surface area contributed by atoms with Gasteiger partial charge >= 0.3 is 0 Å². The molecule has 1 saturated carbocycles. The number of nitrogens with zero attached hydrogens (tertiary/aromatic N) is 5. The number of hydrogen-bond donors (Lipinski definition) is 3. The molecule has 0 amide bonds. The number of hydrazine groups is 1. The Balaban J connectivity index is 1.80. The van der Waals surface area contributed by atoms with Gasteiger partial charge in [0.1, 0.15) is 6.33 Å². The molecule has 8 heteroatoms. The molecule has 2 aromatic heterocycles. The van der Waals surface area contributed by atoms with Crippen LogP contribution >= 0.6 is 0 Å². The van der Waals surface area contributed by atoms with Crippen LogP contribution in [-0.4, -0.2) is 31.0 Å². The fourth-order valence-corrected chi connectivity index (χ4v) is 2.38. The van der Waals surface area contributed by atoms with Gasteiger partial charge < -0.3 is 5.32 Å². The molecule has 2 heterocycles. The summed E-state index contributed by atoms with van der Waals surface area (Å²) in [5.74, 6) is 7.40. The van der Waals surface area contributed by atoms with Crippen molar-refractivity contribution in [3.05, 3.63) is 18.7 Å². The van der Waals surface area contributed by atoms with Gasteiger partial charge in [-0.3, -0.25) is 9.99 Å². The SMILES string of the molecule is CC(C)C1(CNc2nc(NN)nc(-n3ccnc3)n2)CC1. The molecule has 0 saturated heterocycles. The van der Waals surface area contributed by atoms with Crippen molar-refractivity contribution in [1.82, 2.24) is 24.5 Å². The minimum Gasteiger partial charge on any atom is -0.353 e. The minimum absolute atomic E-state index is 0.325. The number of imidazole rings is 1. The van der Waals surface area contributed by atoms with Crippen molar-refractivity contribution in [2.45, 2.75) is 26.7 Å². The molecule has 0 atom stereocenters. The Labute approximate surface area is 123 Å². The molecule has 3 rings (SSSR count). The summed E-state index contributed by atoms with van der Waals surface area (Å²) in [5.41, 5.74) is 2.84. The van der Waals surface area contributed by atoms with Crippen LogP contribution in [0.3, 0.4) is 0 Å². The van der Waals surface area contributed by atoms with Crippen LogP contribution < -0.4 is 16.6 Å². The Bertz CT molecular complexity index is 603. The van der Waals surface area contributed by atoms with E-state index >= 15 is 0 Å². The van der Waals surface area contributed by atoms with Crippen molar-refractivity contribution < 1.29 is 0 Å². The zero-order valence-corrected chi connectivity index (χ0v) is 12.2. The second kappa shape index (κ2) is 5.28. The van der Waals surface area contributed by atoms with Gasteiger partial charge in [0.15, 0.2) is 0 Å². The molecule has 2 aromatic rings. The monoisotopic (exact) mass is 288 g/mol. The van der Waals surface area contributed by atoms with E-state index in [1.54, 1.807) is 23.3 Å². The molecule has 0 radical (unpaired) electrons. The van der Waals surface area contributed by atoms with Crippen LogP contribution in [0.5, 0.6) is 0 Å². The van der Waals surface area contributed by atoms with Crippen molar-refractivity contribution in [2.75, 3.05) is 17.3 Å². The van der Waals surface area contributed by atoms with E-state index < -0.39 is 0 Å². The lowest BCUT2D eigenvalue weighted by molar-refractivity contribution is 0.379. The number of nitrogens with one attached hydrogen (secondary N) is 2. The van der Waals surface area contributed by atoms with Crippen LogP contribution in [0.1, 0.15) is 26.7 Å². The first-order chi connectivity index (χ1) is 10.1. The lowest BCUT2D eigenvalue weighted by Crippen LogP contribution is -2.23. The first-order valence-corrected chi connectivity index (χ1v) is 7.08. The molecule has 1 aliphatic rings. The Morgan fingerprint density at radius 2 is 2.05 bits per heavy atom. The molecule has 0 spiro atoms. The largest absolute Gasteiger partial charge is 0.353 e. The first kappa shape index (κ1) is 13.7. The second-order valence-electron chi connectivity index (χ2n) is 5.77. The average Bonchev–Trinajstić information content (AvgIpc) is 3.09. The summed E-state index contributed by atoms with van der Waals surface area (Å²) < 4.78 is 1.71. The van der Waals surface area contributed by atoms with Crippen LogP contribution in [0, 0.1) is 11.3 Å². The van der Waals surface area contributed by atoms with Crippen LogP contribution in [0.15, 0.2) is 18.7 Å². The zero-order valence-electron chi connectivity index (χ0n) is 12.2. The highest BCUT2D eigenvalue weighted by Crippen LogP contribution is 2.51. The van der Waals surface area contributed by atoms with Crippen molar-refractivity contribution in [1.29, 1.82) is 0 Å². The van der Waals surface area contributed by atoms with Crippen LogP contribution in [0.25, 0.3) is 5.95 Å². The van der Waals surface area contributed by atoms with Crippen molar-refractivity contribution >= 4 is 11.9 Å². The lowest BCUT2D eigenvalue weighted by Gasteiger charge is -2.20. The van der Waals surface area contributed by atoms with Gasteiger partial charge in [-0.2, -0.15) is 15.0 Å². The predicted molar refractivity (Wildman–Crippen MR) is 79.8 cm³/mol. The smallest absolute Gasteiger partial charge is 0.243 e. The van der Waals surface area contributed by atoms with Gasteiger partial charge in [-0.15, -0.1) is 0 Å². The number of hydrogen-bond acceptors (Lipinski definition) is 7. The fraction of sp³-hybridized carbons (Fsp3) is 0.538. The summed E-state index contributed by atoms with van der Waals surface area (Å²) in [6.07, 6.45) is 7.58. The zero-order chi connectivity index (χ0) is 14.9. The molecule has 0 aromatic carbocycles. The number of nitrogen functional groups attached to an aromatic ring is 1. The van der Waals surface area contributed by atoms with Gasteiger partial charge in [-0.1, -0.05) is 13.8 Å². The lowest BCUT2D eigenvalue weighted by atomic mass is 9.92. The molecule has 4 N–H and O–H groups in total. The number of anilines is 2. The van der Waals surface area contributed by atoms with Crippen LogP contribution in [0.4, 0.5) is 11.9 Å². The van der Waals surface area contributed by atoms with E-state index in [0.717, 1.165) is 6.54 Å². The van der Waals surface area contributed by atoms with Crippen LogP contribution in [0.2, 0.25) is 0 Å².